The molecule has 1 heterocycles. The molecule has 1 aliphatic rings. The summed E-state index contributed by atoms with van der Waals surface area (Å²) in [5, 5.41) is 11.1. The number of rotatable bonds is 4. The number of amides is 1. The molecule has 10 heteroatoms. The van der Waals surface area contributed by atoms with E-state index in [1.165, 1.54) is 6.92 Å². The Morgan fingerprint density at radius 2 is 1.92 bits per heavy atom. The molecule has 1 aliphatic heterocycles. The molecule has 138 valence electrons. The fourth-order valence-corrected chi connectivity index (χ4v) is 2.73. The topological polar surface area (TPSA) is 69.6 Å². The number of halogens is 5. The van der Waals surface area contributed by atoms with Crippen LogP contribution < -0.4 is 5.32 Å². The molecule has 2 rings (SSSR count). The summed E-state index contributed by atoms with van der Waals surface area (Å²) < 4.78 is 65.6. The van der Waals surface area contributed by atoms with E-state index in [0.717, 1.165) is 23.1 Å². The van der Waals surface area contributed by atoms with Crippen molar-refractivity contribution in [3.05, 3.63) is 29.8 Å². The van der Waals surface area contributed by atoms with E-state index in [2.05, 4.69) is 5.32 Å². The highest BCUT2D eigenvalue weighted by atomic mass is 19.4. The second-order valence-electron chi connectivity index (χ2n) is 5.84. The van der Waals surface area contributed by atoms with Crippen LogP contribution >= 0.6 is 0 Å². The predicted octanol–water partition coefficient (Wildman–Crippen LogP) is 2.49. The third-order valence-electron chi connectivity index (χ3n) is 4.20. The fraction of sp³-hybridized carbons (Fsp3) is 0.467. The van der Waals surface area contributed by atoms with Crippen LogP contribution in [0, 0.1) is 23.5 Å². The third-order valence-corrected chi connectivity index (χ3v) is 4.20. The minimum atomic E-state index is -4.72. The maximum atomic E-state index is 13.5. The molecule has 25 heavy (non-hydrogen) atoms. The van der Waals surface area contributed by atoms with Crippen LogP contribution in [0.5, 0.6) is 0 Å². The fourth-order valence-electron chi connectivity index (χ4n) is 2.73. The molecule has 1 unspecified atom stereocenters. The molecule has 1 aromatic rings. The highest BCUT2D eigenvalue weighted by molar-refractivity contribution is 5.94. The second kappa shape index (κ2) is 6.95. The standard InChI is InChI=1S/C15H15F5N2O3/c1-7(13(23)21-12-4-8(16)2-3-11(12)17)22-5-9(14(24)25)10(6-22)15(18,19)20/h2-4,7,9-10H,5-6H2,1H3,(H,21,23)(H,24,25)/t7?,9-,10-/m1/s1. The Labute approximate surface area is 139 Å². The van der Waals surface area contributed by atoms with Crippen LogP contribution in [0.3, 0.4) is 0 Å². The Hall–Kier alpha value is -2.23. The summed E-state index contributed by atoms with van der Waals surface area (Å²) in [6.45, 7) is 0.130. The van der Waals surface area contributed by atoms with E-state index >= 15 is 0 Å². The Morgan fingerprint density at radius 1 is 1.28 bits per heavy atom. The monoisotopic (exact) mass is 366 g/mol. The first-order valence-electron chi connectivity index (χ1n) is 7.30. The van der Waals surface area contributed by atoms with Gasteiger partial charge < -0.3 is 10.4 Å². The van der Waals surface area contributed by atoms with Gasteiger partial charge >= 0.3 is 12.1 Å². The molecule has 1 aromatic carbocycles. The van der Waals surface area contributed by atoms with Gasteiger partial charge in [-0.25, -0.2) is 8.78 Å². The summed E-state index contributed by atoms with van der Waals surface area (Å²) in [7, 11) is 0. The van der Waals surface area contributed by atoms with Crippen molar-refractivity contribution in [1.82, 2.24) is 4.90 Å². The van der Waals surface area contributed by atoms with Crippen molar-refractivity contribution < 1.29 is 36.6 Å². The van der Waals surface area contributed by atoms with E-state index in [9.17, 15) is 31.5 Å². The molecule has 2 N–H and O–H groups in total. The first-order chi connectivity index (χ1) is 11.5. The number of nitrogens with one attached hydrogen (secondary N) is 1. The van der Waals surface area contributed by atoms with Crippen LogP contribution in [0.4, 0.5) is 27.6 Å². The average Bonchev–Trinajstić information content (AvgIpc) is 2.95. The number of benzene rings is 1. The van der Waals surface area contributed by atoms with Crippen molar-refractivity contribution >= 4 is 17.6 Å². The molecule has 1 saturated heterocycles. The summed E-state index contributed by atoms with van der Waals surface area (Å²) >= 11 is 0. The number of carboxylic acid groups (broad SMARTS) is 1. The molecule has 0 spiro atoms. The first-order valence-corrected chi connectivity index (χ1v) is 7.30. The number of hydrogen-bond acceptors (Lipinski definition) is 3. The summed E-state index contributed by atoms with van der Waals surface area (Å²) in [6.07, 6.45) is -4.72. The number of carbonyl (C=O) groups is 2. The number of nitrogens with zero attached hydrogens (tertiary/aromatic N) is 1. The van der Waals surface area contributed by atoms with Gasteiger partial charge in [0.15, 0.2) is 0 Å². The number of carbonyl (C=O) groups excluding carboxylic acids is 1. The SMILES string of the molecule is CC(C(=O)Nc1cc(F)ccc1F)N1C[C@@H](C(F)(F)F)[C@H](C(=O)O)C1. The Balaban J connectivity index is 2.12. The molecule has 0 radical (unpaired) electrons. The lowest BCUT2D eigenvalue weighted by Gasteiger charge is -2.23. The van der Waals surface area contributed by atoms with Crippen molar-refractivity contribution in [1.29, 1.82) is 0 Å². The highest BCUT2D eigenvalue weighted by Gasteiger charge is 2.53. The average molecular weight is 366 g/mol. The second-order valence-corrected chi connectivity index (χ2v) is 5.84. The van der Waals surface area contributed by atoms with Crippen LogP contribution in [-0.4, -0.2) is 47.2 Å². The van der Waals surface area contributed by atoms with Crippen LogP contribution in [0.25, 0.3) is 0 Å². The van der Waals surface area contributed by atoms with E-state index < -0.39 is 66.3 Å². The minimum absolute atomic E-state index is 0.446. The van der Waals surface area contributed by atoms with E-state index in [0.29, 0.717) is 0 Å². The van der Waals surface area contributed by atoms with Gasteiger partial charge in [-0.05, 0) is 19.1 Å². The normalized spacial score (nSPS) is 22.6. The van der Waals surface area contributed by atoms with Crippen molar-refractivity contribution in [3.8, 4) is 0 Å². The van der Waals surface area contributed by atoms with Crippen LogP contribution in [0.2, 0.25) is 0 Å². The predicted molar refractivity (Wildman–Crippen MR) is 76.7 cm³/mol. The van der Waals surface area contributed by atoms with E-state index in [1.54, 1.807) is 0 Å². The Bertz CT molecular complexity index is 680. The third kappa shape index (κ3) is 4.25. The molecule has 0 aliphatic carbocycles. The van der Waals surface area contributed by atoms with Gasteiger partial charge in [-0.2, -0.15) is 13.2 Å². The van der Waals surface area contributed by atoms with Gasteiger partial charge in [0.05, 0.1) is 23.6 Å². The number of alkyl halides is 3. The van der Waals surface area contributed by atoms with Gasteiger partial charge in [-0.1, -0.05) is 0 Å². The van der Waals surface area contributed by atoms with Gasteiger partial charge in [-0.15, -0.1) is 0 Å². The van der Waals surface area contributed by atoms with Crippen molar-refractivity contribution in [2.75, 3.05) is 18.4 Å². The summed E-state index contributed by atoms with van der Waals surface area (Å²) in [4.78, 5) is 24.2. The number of carboxylic acids is 1. The van der Waals surface area contributed by atoms with Crippen LogP contribution in [-0.2, 0) is 9.59 Å². The lowest BCUT2D eigenvalue weighted by Crippen LogP contribution is -2.41. The highest BCUT2D eigenvalue weighted by Crippen LogP contribution is 2.38. The summed E-state index contributed by atoms with van der Waals surface area (Å²) in [5.74, 6) is -7.97. The van der Waals surface area contributed by atoms with Crippen molar-refractivity contribution in [2.24, 2.45) is 11.8 Å². The number of likely N-dealkylation sites (tertiary alicyclic amines) is 1. The molecular formula is C15H15F5N2O3. The zero-order valence-electron chi connectivity index (χ0n) is 13.0. The van der Waals surface area contributed by atoms with Crippen molar-refractivity contribution in [3.63, 3.8) is 0 Å². The Morgan fingerprint density at radius 3 is 2.44 bits per heavy atom. The van der Waals surface area contributed by atoms with E-state index in [4.69, 9.17) is 5.11 Å². The molecule has 3 atom stereocenters. The van der Waals surface area contributed by atoms with Gasteiger partial charge in [-0.3, -0.25) is 14.5 Å². The minimum Gasteiger partial charge on any atom is -0.481 e. The number of hydrogen-bond donors (Lipinski definition) is 2. The number of anilines is 1. The zero-order chi connectivity index (χ0) is 18.9. The van der Waals surface area contributed by atoms with E-state index in [-0.39, 0.29) is 0 Å². The summed E-state index contributed by atoms with van der Waals surface area (Å²) in [6, 6.07) is 1.23. The maximum absolute atomic E-state index is 13.5. The summed E-state index contributed by atoms with van der Waals surface area (Å²) in [5.41, 5.74) is -0.446. The van der Waals surface area contributed by atoms with Crippen LogP contribution in [0.1, 0.15) is 6.92 Å². The quantitative estimate of drug-likeness (QED) is 0.804. The maximum Gasteiger partial charge on any atom is 0.393 e. The molecule has 1 amide bonds. The van der Waals surface area contributed by atoms with Gasteiger partial charge in [0, 0.05) is 19.2 Å². The molecule has 1 fully saturated rings. The first kappa shape index (κ1) is 19.1. The van der Waals surface area contributed by atoms with Gasteiger partial charge in [0.25, 0.3) is 0 Å². The molecule has 0 bridgehead atoms. The van der Waals surface area contributed by atoms with Crippen molar-refractivity contribution in [2.45, 2.75) is 19.1 Å². The van der Waals surface area contributed by atoms with Crippen LogP contribution in [0.15, 0.2) is 18.2 Å². The zero-order valence-corrected chi connectivity index (χ0v) is 13.0. The van der Waals surface area contributed by atoms with Gasteiger partial charge in [0.2, 0.25) is 5.91 Å². The molecule has 0 saturated carbocycles. The Kier molecular flexibility index (Phi) is 5.31. The van der Waals surface area contributed by atoms with Gasteiger partial charge in [0.1, 0.15) is 11.6 Å². The smallest absolute Gasteiger partial charge is 0.393 e. The lowest BCUT2D eigenvalue weighted by atomic mass is 9.96. The molecule has 5 nitrogen and oxygen atoms in total. The largest absolute Gasteiger partial charge is 0.481 e. The number of aliphatic carboxylic acids is 1. The van der Waals surface area contributed by atoms with E-state index in [1.807, 2.05) is 0 Å². The molecular weight excluding hydrogens is 351 g/mol. The lowest BCUT2D eigenvalue weighted by molar-refractivity contribution is -0.188. The molecule has 0 aromatic heterocycles.